The summed E-state index contributed by atoms with van der Waals surface area (Å²) in [5, 5.41) is 9.17. The minimum atomic E-state index is -0.764. The van der Waals surface area contributed by atoms with Gasteiger partial charge < -0.3 is 10.0 Å². The molecule has 0 spiro atoms. The van der Waals surface area contributed by atoms with Crippen molar-refractivity contribution in [1.29, 1.82) is 0 Å². The lowest BCUT2D eigenvalue weighted by Crippen LogP contribution is -2.47. The highest BCUT2D eigenvalue weighted by Crippen LogP contribution is 2.32. The first-order valence-electron chi connectivity index (χ1n) is 8.51. The monoisotopic (exact) mass is 295 g/mol. The van der Waals surface area contributed by atoms with Crippen LogP contribution in [0.25, 0.3) is 0 Å². The summed E-state index contributed by atoms with van der Waals surface area (Å²) in [5.74, 6) is 0.120. The van der Waals surface area contributed by atoms with Crippen molar-refractivity contribution in [2.24, 2.45) is 17.8 Å². The molecule has 2 aliphatic rings. The second-order valence-electron chi connectivity index (χ2n) is 7.09. The Hall–Kier alpha value is -1.06. The zero-order chi connectivity index (χ0) is 15.4. The van der Waals surface area contributed by atoms with Crippen LogP contribution in [0.5, 0.6) is 0 Å². The SMILES string of the molecule is CC(CC(=O)N1CC(C(=O)O)CCC1C)C1CCCCC1. The summed E-state index contributed by atoms with van der Waals surface area (Å²) in [6.07, 6.45) is 8.51. The van der Waals surface area contributed by atoms with Gasteiger partial charge in [-0.1, -0.05) is 39.0 Å². The summed E-state index contributed by atoms with van der Waals surface area (Å²) in [6, 6.07) is 0.187. The summed E-state index contributed by atoms with van der Waals surface area (Å²) >= 11 is 0. The van der Waals surface area contributed by atoms with Gasteiger partial charge >= 0.3 is 5.97 Å². The molecule has 0 bridgehead atoms. The maximum Gasteiger partial charge on any atom is 0.308 e. The van der Waals surface area contributed by atoms with E-state index in [1.807, 2.05) is 11.8 Å². The molecule has 3 unspecified atom stereocenters. The topological polar surface area (TPSA) is 57.6 Å². The molecular formula is C17H29NO3. The van der Waals surface area contributed by atoms with Gasteiger partial charge in [0.1, 0.15) is 0 Å². The third kappa shape index (κ3) is 4.21. The summed E-state index contributed by atoms with van der Waals surface area (Å²) < 4.78 is 0. The number of likely N-dealkylation sites (tertiary alicyclic amines) is 1. The second kappa shape index (κ2) is 7.28. The molecule has 0 radical (unpaired) electrons. The molecule has 120 valence electrons. The smallest absolute Gasteiger partial charge is 0.308 e. The maximum absolute atomic E-state index is 12.6. The van der Waals surface area contributed by atoms with Crippen LogP contribution in [-0.4, -0.2) is 34.5 Å². The van der Waals surface area contributed by atoms with Crippen LogP contribution in [-0.2, 0) is 9.59 Å². The Labute approximate surface area is 127 Å². The fraction of sp³-hybridized carbons (Fsp3) is 0.882. The maximum atomic E-state index is 12.6. The van der Waals surface area contributed by atoms with Gasteiger partial charge in [-0.25, -0.2) is 0 Å². The molecule has 0 aromatic heterocycles. The van der Waals surface area contributed by atoms with E-state index in [9.17, 15) is 14.7 Å². The zero-order valence-corrected chi connectivity index (χ0v) is 13.4. The molecule has 1 heterocycles. The lowest BCUT2D eigenvalue weighted by Gasteiger charge is -2.38. The van der Waals surface area contributed by atoms with Gasteiger partial charge in [-0.2, -0.15) is 0 Å². The first-order valence-corrected chi connectivity index (χ1v) is 8.51. The molecule has 4 nitrogen and oxygen atoms in total. The molecule has 1 amide bonds. The first kappa shape index (κ1) is 16.3. The highest BCUT2D eigenvalue weighted by Gasteiger charge is 2.33. The molecule has 1 saturated carbocycles. The number of amides is 1. The number of rotatable bonds is 4. The van der Waals surface area contributed by atoms with E-state index in [-0.39, 0.29) is 17.9 Å². The largest absolute Gasteiger partial charge is 0.481 e. The van der Waals surface area contributed by atoms with E-state index < -0.39 is 5.97 Å². The number of piperidine rings is 1. The highest BCUT2D eigenvalue weighted by molar-refractivity contribution is 5.78. The van der Waals surface area contributed by atoms with E-state index in [0.29, 0.717) is 31.2 Å². The van der Waals surface area contributed by atoms with Crippen LogP contribution >= 0.6 is 0 Å². The van der Waals surface area contributed by atoms with Crippen molar-refractivity contribution >= 4 is 11.9 Å². The number of carboxylic acid groups (broad SMARTS) is 1. The molecule has 2 rings (SSSR count). The summed E-state index contributed by atoms with van der Waals surface area (Å²) in [4.78, 5) is 25.5. The van der Waals surface area contributed by atoms with Crippen molar-refractivity contribution in [1.82, 2.24) is 4.90 Å². The normalized spacial score (nSPS) is 29.1. The molecule has 1 aliphatic carbocycles. The average Bonchev–Trinajstić information content (AvgIpc) is 2.48. The predicted octanol–water partition coefficient (Wildman–Crippen LogP) is 3.30. The van der Waals surface area contributed by atoms with E-state index in [1.54, 1.807) is 0 Å². The van der Waals surface area contributed by atoms with Crippen LogP contribution in [0.1, 0.15) is 65.2 Å². The Kier molecular flexibility index (Phi) is 5.65. The summed E-state index contributed by atoms with van der Waals surface area (Å²) in [6.45, 7) is 4.63. The molecule has 1 saturated heterocycles. The lowest BCUT2D eigenvalue weighted by atomic mass is 9.79. The average molecular weight is 295 g/mol. The van der Waals surface area contributed by atoms with E-state index in [2.05, 4.69) is 6.92 Å². The molecule has 3 atom stereocenters. The molecule has 0 aromatic carbocycles. The van der Waals surface area contributed by atoms with Gasteiger partial charge in [0, 0.05) is 19.0 Å². The van der Waals surface area contributed by atoms with Crippen LogP contribution in [0.2, 0.25) is 0 Å². The third-order valence-corrected chi connectivity index (χ3v) is 5.50. The predicted molar refractivity (Wildman–Crippen MR) is 81.9 cm³/mol. The summed E-state index contributed by atoms with van der Waals surface area (Å²) in [5.41, 5.74) is 0. The van der Waals surface area contributed by atoms with Crippen molar-refractivity contribution in [2.45, 2.75) is 71.3 Å². The van der Waals surface area contributed by atoms with E-state index in [1.165, 1.54) is 32.1 Å². The molecule has 21 heavy (non-hydrogen) atoms. The van der Waals surface area contributed by atoms with Crippen molar-refractivity contribution in [3.05, 3.63) is 0 Å². The van der Waals surface area contributed by atoms with Crippen LogP contribution in [0, 0.1) is 17.8 Å². The summed E-state index contributed by atoms with van der Waals surface area (Å²) in [7, 11) is 0. The first-order chi connectivity index (χ1) is 9.99. The molecule has 2 fully saturated rings. The van der Waals surface area contributed by atoms with Crippen LogP contribution < -0.4 is 0 Å². The Morgan fingerprint density at radius 1 is 1.14 bits per heavy atom. The van der Waals surface area contributed by atoms with Crippen LogP contribution in [0.15, 0.2) is 0 Å². The van der Waals surface area contributed by atoms with Gasteiger partial charge in [0.05, 0.1) is 5.92 Å². The minimum Gasteiger partial charge on any atom is -0.481 e. The van der Waals surface area contributed by atoms with Gasteiger partial charge in [0.15, 0.2) is 0 Å². The Bertz CT molecular complexity index is 376. The molecule has 4 heteroatoms. The third-order valence-electron chi connectivity index (χ3n) is 5.50. The number of carbonyl (C=O) groups excluding carboxylic acids is 1. The minimum absolute atomic E-state index is 0.159. The molecule has 1 aliphatic heterocycles. The number of hydrogen-bond acceptors (Lipinski definition) is 2. The Morgan fingerprint density at radius 2 is 1.81 bits per heavy atom. The van der Waals surface area contributed by atoms with E-state index >= 15 is 0 Å². The second-order valence-corrected chi connectivity index (χ2v) is 7.09. The number of hydrogen-bond donors (Lipinski definition) is 1. The van der Waals surface area contributed by atoms with Crippen LogP contribution in [0.3, 0.4) is 0 Å². The van der Waals surface area contributed by atoms with Gasteiger partial charge in [-0.3, -0.25) is 9.59 Å². The lowest BCUT2D eigenvalue weighted by molar-refractivity contribution is -0.147. The van der Waals surface area contributed by atoms with Crippen molar-refractivity contribution in [3.8, 4) is 0 Å². The molecular weight excluding hydrogens is 266 g/mol. The van der Waals surface area contributed by atoms with Gasteiger partial charge in [0.2, 0.25) is 5.91 Å². The number of carboxylic acids is 1. The van der Waals surface area contributed by atoms with Crippen molar-refractivity contribution in [2.75, 3.05) is 6.54 Å². The molecule has 1 N–H and O–H groups in total. The molecule has 0 aromatic rings. The zero-order valence-electron chi connectivity index (χ0n) is 13.4. The van der Waals surface area contributed by atoms with Crippen molar-refractivity contribution < 1.29 is 14.7 Å². The highest BCUT2D eigenvalue weighted by atomic mass is 16.4. The van der Waals surface area contributed by atoms with Crippen molar-refractivity contribution in [3.63, 3.8) is 0 Å². The van der Waals surface area contributed by atoms with Gasteiger partial charge in [0.25, 0.3) is 0 Å². The standard InChI is InChI=1S/C17H29NO3/c1-12(14-6-4-3-5-7-14)10-16(19)18-11-15(17(20)21)9-8-13(18)2/h12-15H,3-11H2,1-2H3,(H,20,21). The Morgan fingerprint density at radius 3 is 2.43 bits per heavy atom. The van der Waals surface area contributed by atoms with Gasteiger partial charge in [-0.15, -0.1) is 0 Å². The fourth-order valence-corrected chi connectivity index (χ4v) is 3.92. The fourth-order valence-electron chi connectivity index (χ4n) is 3.92. The number of nitrogens with zero attached hydrogens (tertiary/aromatic N) is 1. The number of carbonyl (C=O) groups is 2. The van der Waals surface area contributed by atoms with Crippen LogP contribution in [0.4, 0.5) is 0 Å². The van der Waals surface area contributed by atoms with E-state index in [4.69, 9.17) is 0 Å². The number of aliphatic carboxylic acids is 1. The quantitative estimate of drug-likeness (QED) is 0.865. The Balaban J connectivity index is 1.89. The van der Waals surface area contributed by atoms with Gasteiger partial charge in [-0.05, 0) is 31.6 Å². The van der Waals surface area contributed by atoms with E-state index in [0.717, 1.165) is 6.42 Å².